The van der Waals surface area contributed by atoms with E-state index in [1.54, 1.807) is 55.5 Å². The summed E-state index contributed by atoms with van der Waals surface area (Å²) in [6.45, 7) is 12.5. The van der Waals surface area contributed by atoms with E-state index in [2.05, 4.69) is 5.32 Å². The fourth-order valence-corrected chi connectivity index (χ4v) is 5.83. The largest absolute Gasteiger partial charge is 0.350 e. The van der Waals surface area contributed by atoms with E-state index in [9.17, 15) is 18.0 Å². The molecule has 0 aromatic heterocycles. The number of hydrogen-bond donors (Lipinski definition) is 1. The van der Waals surface area contributed by atoms with Gasteiger partial charge in [0.2, 0.25) is 11.8 Å². The quantitative estimate of drug-likeness (QED) is 0.345. The van der Waals surface area contributed by atoms with Crippen LogP contribution < -0.4 is 9.62 Å². The van der Waals surface area contributed by atoms with Gasteiger partial charge in [-0.1, -0.05) is 47.5 Å². The average molecular weight is 584 g/mol. The number of anilines is 1. The van der Waals surface area contributed by atoms with Gasteiger partial charge in [0.15, 0.2) is 0 Å². The van der Waals surface area contributed by atoms with Gasteiger partial charge in [-0.15, -0.1) is 0 Å². The highest BCUT2D eigenvalue weighted by atomic mass is 35.5. The zero-order valence-corrected chi connectivity index (χ0v) is 25.7. The summed E-state index contributed by atoms with van der Waals surface area (Å²) < 4.78 is 29.1. The number of carbonyl (C=O) groups excluding carboxylic acids is 2. The molecule has 1 atom stereocenters. The van der Waals surface area contributed by atoms with E-state index in [0.717, 1.165) is 26.6 Å². The van der Waals surface area contributed by atoms with Gasteiger partial charge in [-0.05, 0) is 102 Å². The van der Waals surface area contributed by atoms with Crippen molar-refractivity contribution >= 4 is 39.1 Å². The van der Waals surface area contributed by atoms with Gasteiger partial charge in [0.05, 0.1) is 10.6 Å². The monoisotopic (exact) mass is 583 g/mol. The molecule has 0 saturated heterocycles. The number of rotatable bonds is 9. The number of hydrogen-bond acceptors (Lipinski definition) is 4. The Morgan fingerprint density at radius 2 is 1.43 bits per heavy atom. The van der Waals surface area contributed by atoms with Gasteiger partial charge >= 0.3 is 0 Å². The third-order valence-electron chi connectivity index (χ3n) is 6.31. The number of aryl methyl sites for hydroxylation is 3. The van der Waals surface area contributed by atoms with Gasteiger partial charge in [-0.2, -0.15) is 0 Å². The summed E-state index contributed by atoms with van der Waals surface area (Å²) in [5, 5.41) is 3.47. The summed E-state index contributed by atoms with van der Waals surface area (Å²) in [7, 11) is -4.12. The van der Waals surface area contributed by atoms with Gasteiger partial charge in [0.25, 0.3) is 10.0 Å². The van der Waals surface area contributed by atoms with Crippen molar-refractivity contribution in [2.45, 2.75) is 71.5 Å². The Bertz CT molecular complexity index is 1440. The molecule has 0 aliphatic heterocycles. The smallest absolute Gasteiger partial charge is 0.264 e. The first kappa shape index (κ1) is 31.2. The SMILES string of the molecule is Cc1ccc(S(=O)(=O)N(CC(=O)N(Cc2ccc(Cl)cc2)[C@@H](C)C(=O)NC(C)(C)C)c2cc(C)cc(C)c2)cc1. The molecule has 40 heavy (non-hydrogen) atoms. The lowest BCUT2D eigenvalue weighted by atomic mass is 10.1. The van der Waals surface area contributed by atoms with Gasteiger partial charge in [-0.3, -0.25) is 13.9 Å². The summed E-state index contributed by atoms with van der Waals surface area (Å²) in [6, 6.07) is 18.1. The van der Waals surface area contributed by atoms with Crippen LogP contribution in [-0.2, 0) is 26.2 Å². The van der Waals surface area contributed by atoms with Crippen molar-refractivity contribution in [3.8, 4) is 0 Å². The molecule has 0 unspecified atom stereocenters. The predicted octanol–water partition coefficient (Wildman–Crippen LogP) is 5.79. The van der Waals surface area contributed by atoms with Crippen molar-refractivity contribution in [2.24, 2.45) is 0 Å². The van der Waals surface area contributed by atoms with E-state index in [1.807, 2.05) is 47.6 Å². The van der Waals surface area contributed by atoms with Gasteiger partial charge in [-0.25, -0.2) is 8.42 Å². The fraction of sp³-hybridized carbons (Fsp3) is 0.355. The number of nitrogens with zero attached hydrogens (tertiary/aromatic N) is 2. The van der Waals surface area contributed by atoms with Crippen LogP contribution in [0.3, 0.4) is 0 Å². The predicted molar refractivity (Wildman–Crippen MR) is 161 cm³/mol. The number of carbonyl (C=O) groups is 2. The molecule has 3 rings (SSSR count). The molecule has 2 amide bonds. The molecule has 3 aromatic carbocycles. The lowest BCUT2D eigenvalue weighted by Crippen LogP contribution is -2.54. The Hall–Kier alpha value is -3.36. The van der Waals surface area contributed by atoms with Crippen molar-refractivity contribution < 1.29 is 18.0 Å². The third kappa shape index (κ3) is 8.08. The van der Waals surface area contributed by atoms with E-state index in [1.165, 1.54) is 17.0 Å². The Morgan fingerprint density at radius 3 is 1.95 bits per heavy atom. The lowest BCUT2D eigenvalue weighted by molar-refractivity contribution is -0.140. The minimum absolute atomic E-state index is 0.0767. The molecule has 0 heterocycles. The molecule has 0 saturated carbocycles. The van der Waals surface area contributed by atoms with Crippen molar-refractivity contribution in [1.29, 1.82) is 0 Å². The van der Waals surface area contributed by atoms with Crippen molar-refractivity contribution in [3.63, 3.8) is 0 Å². The number of nitrogens with one attached hydrogen (secondary N) is 1. The maximum atomic E-state index is 14.0. The molecular formula is C31H38ClN3O4S. The molecule has 0 aliphatic carbocycles. The Kier molecular flexibility index (Phi) is 9.69. The van der Waals surface area contributed by atoms with E-state index >= 15 is 0 Å². The fourth-order valence-electron chi connectivity index (χ4n) is 4.30. The van der Waals surface area contributed by atoms with Crippen LogP contribution in [0.25, 0.3) is 0 Å². The van der Waals surface area contributed by atoms with Crippen LogP contribution >= 0.6 is 11.6 Å². The third-order valence-corrected chi connectivity index (χ3v) is 8.35. The highest BCUT2D eigenvalue weighted by molar-refractivity contribution is 7.92. The van der Waals surface area contributed by atoms with Crippen molar-refractivity contribution in [2.75, 3.05) is 10.8 Å². The van der Waals surface area contributed by atoms with E-state index in [4.69, 9.17) is 11.6 Å². The first-order valence-electron chi connectivity index (χ1n) is 13.1. The second-order valence-electron chi connectivity index (χ2n) is 11.2. The summed E-state index contributed by atoms with van der Waals surface area (Å²) >= 11 is 6.06. The molecule has 3 aromatic rings. The molecular weight excluding hydrogens is 546 g/mol. The topological polar surface area (TPSA) is 86.8 Å². The molecule has 0 radical (unpaired) electrons. The molecule has 0 fully saturated rings. The summed E-state index contributed by atoms with van der Waals surface area (Å²) in [4.78, 5) is 28.7. The van der Waals surface area contributed by atoms with Crippen LogP contribution in [0.2, 0.25) is 5.02 Å². The van der Waals surface area contributed by atoms with Gasteiger partial charge in [0.1, 0.15) is 12.6 Å². The Morgan fingerprint density at radius 1 is 0.875 bits per heavy atom. The van der Waals surface area contributed by atoms with E-state index < -0.39 is 34.1 Å². The van der Waals surface area contributed by atoms with Crippen molar-refractivity contribution in [3.05, 3.63) is 94.0 Å². The lowest BCUT2D eigenvalue weighted by Gasteiger charge is -2.33. The molecule has 9 heteroatoms. The number of halogens is 1. The van der Waals surface area contributed by atoms with Crippen LogP contribution in [-0.4, -0.2) is 43.3 Å². The van der Waals surface area contributed by atoms with Crippen molar-refractivity contribution in [1.82, 2.24) is 10.2 Å². The van der Waals surface area contributed by atoms with Crippen LogP contribution in [0.1, 0.15) is 49.9 Å². The van der Waals surface area contributed by atoms with Crippen LogP contribution in [0.5, 0.6) is 0 Å². The number of sulfonamides is 1. The molecule has 0 spiro atoms. The Labute approximate surface area is 243 Å². The number of benzene rings is 3. The summed E-state index contributed by atoms with van der Waals surface area (Å²) in [6.07, 6.45) is 0. The van der Waals surface area contributed by atoms with Crippen LogP contribution in [0.4, 0.5) is 5.69 Å². The van der Waals surface area contributed by atoms with E-state index in [0.29, 0.717) is 10.7 Å². The minimum atomic E-state index is -4.12. The maximum Gasteiger partial charge on any atom is 0.264 e. The summed E-state index contributed by atoms with van der Waals surface area (Å²) in [5.74, 6) is -0.851. The van der Waals surface area contributed by atoms with Gasteiger partial charge in [0, 0.05) is 17.1 Å². The second kappa shape index (κ2) is 12.4. The molecule has 7 nitrogen and oxygen atoms in total. The summed E-state index contributed by atoms with van der Waals surface area (Å²) in [5.41, 5.74) is 3.27. The molecule has 0 aliphatic rings. The van der Waals surface area contributed by atoms with Crippen LogP contribution in [0.15, 0.2) is 71.6 Å². The zero-order chi connectivity index (χ0) is 29.8. The highest BCUT2D eigenvalue weighted by Gasteiger charge is 2.33. The Balaban J connectivity index is 2.07. The number of amides is 2. The van der Waals surface area contributed by atoms with Crippen LogP contribution in [0, 0.1) is 20.8 Å². The molecule has 214 valence electrons. The normalized spacial score (nSPS) is 12.5. The zero-order valence-electron chi connectivity index (χ0n) is 24.2. The minimum Gasteiger partial charge on any atom is -0.350 e. The highest BCUT2D eigenvalue weighted by Crippen LogP contribution is 2.27. The van der Waals surface area contributed by atoms with Gasteiger partial charge < -0.3 is 10.2 Å². The standard InChI is InChI=1S/C31H38ClN3O4S/c1-21-8-14-28(15-9-21)40(38,39)35(27-17-22(2)16-23(3)18-27)20-29(36)34(19-25-10-12-26(32)13-11-25)24(4)30(37)33-31(5,6)7/h8-18,24H,19-20H2,1-7H3,(H,33,37)/t24-/m0/s1. The first-order valence-corrected chi connectivity index (χ1v) is 14.9. The molecule has 1 N–H and O–H groups in total. The molecule has 0 bridgehead atoms. The second-order valence-corrected chi connectivity index (χ2v) is 13.5. The first-order chi connectivity index (χ1) is 18.6. The average Bonchev–Trinajstić information content (AvgIpc) is 2.85. The maximum absolute atomic E-state index is 14.0. The van der Waals surface area contributed by atoms with E-state index in [-0.39, 0.29) is 17.3 Å².